The summed E-state index contributed by atoms with van der Waals surface area (Å²) in [5.41, 5.74) is 6.84. The lowest BCUT2D eigenvalue weighted by Crippen LogP contribution is -2.51. The van der Waals surface area contributed by atoms with E-state index in [1.807, 2.05) is 12.1 Å². The molecule has 0 aromatic heterocycles. The second-order valence-electron chi connectivity index (χ2n) is 6.82. The van der Waals surface area contributed by atoms with Gasteiger partial charge in [0.1, 0.15) is 0 Å². The maximum atomic E-state index is 12.4. The van der Waals surface area contributed by atoms with E-state index in [-0.39, 0.29) is 24.3 Å². The van der Waals surface area contributed by atoms with Crippen molar-refractivity contribution in [2.45, 2.75) is 37.8 Å². The highest BCUT2D eigenvalue weighted by atomic mass is 16.2. The third-order valence-corrected chi connectivity index (χ3v) is 4.93. The van der Waals surface area contributed by atoms with E-state index in [9.17, 15) is 14.4 Å². The molecule has 134 valence electrons. The van der Waals surface area contributed by atoms with Crippen molar-refractivity contribution in [3.05, 3.63) is 35.4 Å². The van der Waals surface area contributed by atoms with Crippen molar-refractivity contribution in [3.8, 4) is 0 Å². The molecule has 0 radical (unpaired) electrons. The van der Waals surface area contributed by atoms with Gasteiger partial charge in [-0.3, -0.25) is 14.4 Å². The van der Waals surface area contributed by atoms with Crippen molar-refractivity contribution in [2.24, 2.45) is 5.73 Å². The van der Waals surface area contributed by atoms with E-state index < -0.39 is 5.54 Å². The van der Waals surface area contributed by atoms with E-state index >= 15 is 0 Å². The van der Waals surface area contributed by atoms with Crippen LogP contribution in [0.1, 0.15) is 41.6 Å². The second kappa shape index (κ2) is 7.23. The Morgan fingerprint density at radius 2 is 1.88 bits per heavy atom. The summed E-state index contributed by atoms with van der Waals surface area (Å²) in [7, 11) is 0. The molecular weight excluding hydrogens is 320 g/mol. The van der Waals surface area contributed by atoms with E-state index in [1.54, 1.807) is 12.1 Å². The Bertz CT molecular complexity index is 665. The Hall–Kier alpha value is -2.41. The number of rotatable bonds is 4. The van der Waals surface area contributed by atoms with Crippen LogP contribution in [0.3, 0.4) is 0 Å². The quantitative estimate of drug-likeness (QED) is 0.723. The van der Waals surface area contributed by atoms with Gasteiger partial charge in [-0.2, -0.15) is 0 Å². The van der Waals surface area contributed by atoms with Crippen molar-refractivity contribution in [3.63, 3.8) is 0 Å². The fraction of sp³-hybridized carbons (Fsp3) is 0.500. The zero-order valence-electron chi connectivity index (χ0n) is 14.2. The Kier molecular flexibility index (Phi) is 5.03. The minimum Gasteiger partial charge on any atom is -0.353 e. The molecule has 4 N–H and O–H groups in total. The zero-order chi connectivity index (χ0) is 17.9. The summed E-state index contributed by atoms with van der Waals surface area (Å²) in [6.07, 6.45) is 3.45. The number of nitrogens with one attached hydrogen (secondary N) is 2. The topological polar surface area (TPSA) is 105 Å². The van der Waals surface area contributed by atoms with Crippen LogP contribution in [0.25, 0.3) is 0 Å². The fourth-order valence-corrected chi connectivity index (χ4v) is 3.35. The fourth-order valence-electron chi connectivity index (χ4n) is 3.35. The average Bonchev–Trinajstić information content (AvgIpc) is 3.07. The van der Waals surface area contributed by atoms with Crippen molar-refractivity contribution in [1.82, 2.24) is 15.5 Å². The van der Waals surface area contributed by atoms with Crippen molar-refractivity contribution in [2.75, 3.05) is 19.6 Å². The van der Waals surface area contributed by atoms with Gasteiger partial charge in [0.05, 0.1) is 12.1 Å². The molecule has 1 saturated heterocycles. The molecule has 3 rings (SSSR count). The third kappa shape index (κ3) is 3.99. The summed E-state index contributed by atoms with van der Waals surface area (Å²) in [5.74, 6) is -0.400. The highest BCUT2D eigenvalue weighted by molar-refractivity contribution is 5.97. The molecule has 7 heteroatoms. The molecule has 0 spiro atoms. The largest absolute Gasteiger partial charge is 0.353 e. The van der Waals surface area contributed by atoms with Crippen molar-refractivity contribution in [1.29, 1.82) is 0 Å². The first-order chi connectivity index (χ1) is 12.0. The summed E-state index contributed by atoms with van der Waals surface area (Å²) in [6.45, 7) is 1.48. The molecule has 25 heavy (non-hydrogen) atoms. The molecule has 1 aliphatic heterocycles. The summed E-state index contributed by atoms with van der Waals surface area (Å²) < 4.78 is 0. The third-order valence-electron chi connectivity index (χ3n) is 4.93. The molecule has 1 saturated carbocycles. The van der Waals surface area contributed by atoms with Crippen LogP contribution in [0.15, 0.2) is 24.3 Å². The number of piperazine rings is 1. The SMILES string of the molecule is NC1(C(=O)NCc2ccc(C(=O)N3CCNC(=O)C3)cc2)CCCC1. The maximum Gasteiger partial charge on any atom is 0.254 e. The smallest absolute Gasteiger partial charge is 0.254 e. The zero-order valence-corrected chi connectivity index (χ0v) is 14.2. The summed E-state index contributed by atoms with van der Waals surface area (Å²) in [6, 6.07) is 7.08. The molecule has 0 atom stereocenters. The van der Waals surface area contributed by atoms with Crippen LogP contribution in [0.4, 0.5) is 0 Å². The molecule has 1 aromatic carbocycles. The standard InChI is InChI=1S/C18H24N4O3/c19-18(7-1-2-8-18)17(25)21-11-13-3-5-14(6-4-13)16(24)22-10-9-20-15(23)12-22/h3-6H,1-2,7-12,19H2,(H,20,23)(H,21,25). The first-order valence-electron chi connectivity index (χ1n) is 8.70. The van der Waals surface area contributed by atoms with Gasteiger partial charge >= 0.3 is 0 Å². The van der Waals surface area contributed by atoms with Crippen LogP contribution >= 0.6 is 0 Å². The van der Waals surface area contributed by atoms with Crippen LogP contribution in [0.5, 0.6) is 0 Å². The van der Waals surface area contributed by atoms with Gasteiger partial charge in [-0.15, -0.1) is 0 Å². The van der Waals surface area contributed by atoms with Gasteiger partial charge in [0.25, 0.3) is 5.91 Å². The van der Waals surface area contributed by atoms with Gasteiger partial charge in [-0.25, -0.2) is 0 Å². The minimum atomic E-state index is -0.731. The predicted molar refractivity (Wildman–Crippen MR) is 92.6 cm³/mol. The Morgan fingerprint density at radius 1 is 1.20 bits per heavy atom. The van der Waals surface area contributed by atoms with Crippen molar-refractivity contribution < 1.29 is 14.4 Å². The number of amides is 3. The van der Waals surface area contributed by atoms with Crippen LogP contribution in [0, 0.1) is 0 Å². The summed E-state index contributed by atoms with van der Waals surface area (Å²) in [4.78, 5) is 37.5. The molecule has 3 amide bonds. The average molecular weight is 344 g/mol. The predicted octanol–water partition coefficient (Wildman–Crippen LogP) is 0.146. The first kappa shape index (κ1) is 17.4. The van der Waals surface area contributed by atoms with E-state index in [0.29, 0.717) is 25.2 Å². The van der Waals surface area contributed by atoms with Crippen molar-refractivity contribution >= 4 is 17.7 Å². The van der Waals surface area contributed by atoms with Gasteiger partial charge in [0.15, 0.2) is 0 Å². The number of nitrogens with zero attached hydrogens (tertiary/aromatic N) is 1. The van der Waals surface area contributed by atoms with Gasteiger partial charge < -0.3 is 21.3 Å². The van der Waals surface area contributed by atoms with Gasteiger partial charge in [-0.1, -0.05) is 25.0 Å². The van der Waals surface area contributed by atoms with Crippen LogP contribution < -0.4 is 16.4 Å². The van der Waals surface area contributed by atoms with Gasteiger partial charge in [-0.05, 0) is 30.5 Å². The maximum absolute atomic E-state index is 12.4. The number of hydrogen-bond donors (Lipinski definition) is 3. The highest BCUT2D eigenvalue weighted by Crippen LogP contribution is 2.27. The Morgan fingerprint density at radius 3 is 2.52 bits per heavy atom. The molecule has 1 aromatic rings. The van der Waals surface area contributed by atoms with Crippen LogP contribution in [0.2, 0.25) is 0 Å². The van der Waals surface area contributed by atoms with E-state index in [1.165, 1.54) is 4.90 Å². The molecule has 1 aliphatic carbocycles. The lowest BCUT2D eigenvalue weighted by molar-refractivity contribution is -0.126. The number of nitrogens with two attached hydrogens (primary N) is 1. The highest BCUT2D eigenvalue weighted by Gasteiger charge is 2.36. The van der Waals surface area contributed by atoms with E-state index in [4.69, 9.17) is 5.73 Å². The van der Waals surface area contributed by atoms with Gasteiger partial charge in [0, 0.05) is 25.2 Å². The molecule has 2 fully saturated rings. The van der Waals surface area contributed by atoms with Gasteiger partial charge in [0.2, 0.25) is 11.8 Å². The lowest BCUT2D eigenvalue weighted by atomic mass is 9.98. The number of benzene rings is 1. The molecule has 1 heterocycles. The first-order valence-corrected chi connectivity index (χ1v) is 8.70. The number of hydrogen-bond acceptors (Lipinski definition) is 4. The molecule has 2 aliphatic rings. The normalized spacial score (nSPS) is 19.4. The van der Waals surface area contributed by atoms with Crippen LogP contribution in [-0.4, -0.2) is 47.8 Å². The lowest BCUT2D eigenvalue weighted by Gasteiger charge is -2.26. The molecule has 0 unspecified atom stereocenters. The van der Waals surface area contributed by atoms with E-state index in [0.717, 1.165) is 31.2 Å². The Labute approximate surface area is 146 Å². The summed E-state index contributed by atoms with van der Waals surface area (Å²) in [5, 5.41) is 5.58. The minimum absolute atomic E-state index is 0.0925. The van der Waals surface area contributed by atoms with E-state index in [2.05, 4.69) is 10.6 Å². The second-order valence-corrected chi connectivity index (χ2v) is 6.82. The summed E-state index contributed by atoms with van der Waals surface area (Å²) >= 11 is 0. The molecular formula is C18H24N4O3. The van der Waals surface area contributed by atoms with Crippen LogP contribution in [-0.2, 0) is 16.1 Å². The number of carbonyl (C=O) groups excluding carboxylic acids is 3. The Balaban J connectivity index is 1.56. The molecule has 0 bridgehead atoms. The molecule has 7 nitrogen and oxygen atoms in total. The number of carbonyl (C=O) groups is 3. The monoisotopic (exact) mass is 344 g/mol.